The van der Waals surface area contributed by atoms with Gasteiger partial charge in [0, 0.05) is 13.1 Å². The standard InChI is InChI=1S/C11H14FNO3/c1-7(11(15)13-2)16-10-4-8(6-14)3-9(12)5-10/h3-5,7,14H,6H2,1-2H3,(H,13,15). The van der Waals surface area contributed by atoms with Gasteiger partial charge in [0.1, 0.15) is 11.6 Å². The van der Waals surface area contributed by atoms with Gasteiger partial charge in [-0.05, 0) is 24.6 Å². The normalized spacial score (nSPS) is 12.0. The molecule has 1 aromatic carbocycles. The van der Waals surface area contributed by atoms with Crippen LogP contribution in [0.25, 0.3) is 0 Å². The van der Waals surface area contributed by atoms with Crippen LogP contribution in [0.2, 0.25) is 0 Å². The lowest BCUT2D eigenvalue weighted by Gasteiger charge is -2.13. The molecule has 0 saturated carbocycles. The lowest BCUT2D eigenvalue weighted by Crippen LogP contribution is -2.33. The van der Waals surface area contributed by atoms with Gasteiger partial charge in [-0.15, -0.1) is 0 Å². The molecule has 4 nitrogen and oxygen atoms in total. The number of amides is 1. The molecule has 0 radical (unpaired) electrons. The third kappa shape index (κ3) is 3.20. The van der Waals surface area contributed by atoms with E-state index >= 15 is 0 Å². The van der Waals surface area contributed by atoms with Crippen LogP contribution in [0.1, 0.15) is 12.5 Å². The van der Waals surface area contributed by atoms with Crippen LogP contribution in [0.15, 0.2) is 18.2 Å². The van der Waals surface area contributed by atoms with Crippen molar-refractivity contribution in [3.8, 4) is 5.75 Å². The number of nitrogens with one attached hydrogen (secondary N) is 1. The lowest BCUT2D eigenvalue weighted by atomic mass is 10.2. The Morgan fingerprint density at radius 2 is 2.25 bits per heavy atom. The minimum Gasteiger partial charge on any atom is -0.481 e. The third-order valence-electron chi connectivity index (χ3n) is 2.04. The van der Waals surface area contributed by atoms with Crippen LogP contribution in [-0.4, -0.2) is 24.2 Å². The summed E-state index contributed by atoms with van der Waals surface area (Å²) in [6.07, 6.45) is -0.710. The van der Waals surface area contributed by atoms with Gasteiger partial charge in [0.05, 0.1) is 6.61 Å². The largest absolute Gasteiger partial charge is 0.481 e. The van der Waals surface area contributed by atoms with Gasteiger partial charge >= 0.3 is 0 Å². The molecule has 0 heterocycles. The maximum Gasteiger partial charge on any atom is 0.260 e. The van der Waals surface area contributed by atoms with Crippen molar-refractivity contribution < 1.29 is 19.0 Å². The number of halogens is 1. The second-order valence-electron chi connectivity index (χ2n) is 3.33. The predicted molar refractivity (Wildman–Crippen MR) is 56.5 cm³/mol. The van der Waals surface area contributed by atoms with Crippen LogP contribution in [0, 0.1) is 5.82 Å². The van der Waals surface area contributed by atoms with E-state index in [9.17, 15) is 9.18 Å². The molecule has 1 amide bonds. The number of likely N-dealkylation sites (N-methyl/N-ethyl adjacent to an activating group) is 1. The van der Waals surface area contributed by atoms with E-state index in [2.05, 4.69) is 5.32 Å². The fourth-order valence-corrected chi connectivity index (χ4v) is 1.24. The summed E-state index contributed by atoms with van der Waals surface area (Å²) < 4.78 is 18.3. The molecule has 88 valence electrons. The summed E-state index contributed by atoms with van der Waals surface area (Å²) in [4.78, 5) is 11.2. The van der Waals surface area contributed by atoms with Crippen LogP contribution >= 0.6 is 0 Å². The quantitative estimate of drug-likeness (QED) is 0.801. The van der Waals surface area contributed by atoms with E-state index in [1.54, 1.807) is 6.92 Å². The van der Waals surface area contributed by atoms with Gasteiger partial charge in [-0.1, -0.05) is 0 Å². The zero-order chi connectivity index (χ0) is 12.1. The van der Waals surface area contributed by atoms with Crippen molar-refractivity contribution in [2.24, 2.45) is 0 Å². The average Bonchev–Trinajstić information content (AvgIpc) is 2.26. The van der Waals surface area contributed by atoms with Crippen LogP contribution in [0.4, 0.5) is 4.39 Å². The summed E-state index contributed by atoms with van der Waals surface area (Å²) in [7, 11) is 1.49. The van der Waals surface area contributed by atoms with Gasteiger partial charge in [0.2, 0.25) is 0 Å². The zero-order valence-corrected chi connectivity index (χ0v) is 9.16. The van der Waals surface area contributed by atoms with Gasteiger partial charge in [0.25, 0.3) is 5.91 Å². The molecule has 1 unspecified atom stereocenters. The Morgan fingerprint density at radius 1 is 1.56 bits per heavy atom. The Balaban J connectivity index is 2.80. The average molecular weight is 227 g/mol. The number of carbonyl (C=O) groups excluding carboxylic acids is 1. The van der Waals surface area contributed by atoms with Crippen molar-refractivity contribution in [3.63, 3.8) is 0 Å². The van der Waals surface area contributed by atoms with Crippen molar-refractivity contribution in [1.82, 2.24) is 5.32 Å². The highest BCUT2D eigenvalue weighted by Gasteiger charge is 2.13. The number of benzene rings is 1. The summed E-state index contributed by atoms with van der Waals surface area (Å²) in [6.45, 7) is 1.28. The monoisotopic (exact) mass is 227 g/mol. The van der Waals surface area contributed by atoms with Gasteiger partial charge in [-0.2, -0.15) is 0 Å². The highest BCUT2D eigenvalue weighted by Crippen LogP contribution is 2.17. The number of aliphatic hydroxyl groups is 1. The van der Waals surface area contributed by atoms with Crippen molar-refractivity contribution in [1.29, 1.82) is 0 Å². The molecule has 1 atom stereocenters. The predicted octanol–water partition coefficient (Wildman–Crippen LogP) is 0.831. The first-order valence-electron chi connectivity index (χ1n) is 4.85. The smallest absolute Gasteiger partial charge is 0.260 e. The molecule has 0 saturated heterocycles. The van der Waals surface area contributed by atoms with E-state index in [4.69, 9.17) is 9.84 Å². The second-order valence-corrected chi connectivity index (χ2v) is 3.33. The number of aliphatic hydroxyl groups excluding tert-OH is 1. The summed E-state index contributed by atoms with van der Waals surface area (Å²) in [6, 6.07) is 3.86. The van der Waals surface area contributed by atoms with E-state index in [1.807, 2.05) is 0 Å². The first-order chi connectivity index (χ1) is 7.56. The van der Waals surface area contributed by atoms with Gasteiger partial charge < -0.3 is 15.2 Å². The van der Waals surface area contributed by atoms with Crippen molar-refractivity contribution in [2.75, 3.05) is 7.05 Å². The molecule has 5 heteroatoms. The molecule has 0 aliphatic carbocycles. The molecule has 0 aromatic heterocycles. The summed E-state index contributed by atoms with van der Waals surface area (Å²) >= 11 is 0. The Kier molecular flexibility index (Phi) is 4.25. The molecule has 0 bridgehead atoms. The molecule has 0 aliphatic rings. The summed E-state index contributed by atoms with van der Waals surface area (Å²) in [5, 5.41) is 11.3. The fourth-order valence-electron chi connectivity index (χ4n) is 1.24. The van der Waals surface area contributed by atoms with Crippen LogP contribution in [0.5, 0.6) is 5.75 Å². The molecular formula is C11H14FNO3. The van der Waals surface area contributed by atoms with E-state index < -0.39 is 11.9 Å². The molecule has 0 spiro atoms. The lowest BCUT2D eigenvalue weighted by molar-refractivity contribution is -0.126. The maximum atomic E-state index is 13.1. The molecule has 2 N–H and O–H groups in total. The van der Waals surface area contributed by atoms with Gasteiger partial charge in [-0.3, -0.25) is 4.79 Å². The van der Waals surface area contributed by atoms with Crippen molar-refractivity contribution in [2.45, 2.75) is 19.6 Å². The Hall–Kier alpha value is -1.62. The van der Waals surface area contributed by atoms with Crippen molar-refractivity contribution in [3.05, 3.63) is 29.6 Å². The summed E-state index contributed by atoms with van der Waals surface area (Å²) in [5.74, 6) is -0.583. The van der Waals surface area contributed by atoms with Crippen LogP contribution in [0.3, 0.4) is 0 Å². The van der Waals surface area contributed by atoms with Gasteiger partial charge in [0.15, 0.2) is 6.10 Å². The number of rotatable bonds is 4. The maximum absolute atomic E-state index is 13.1. The minimum absolute atomic E-state index is 0.222. The molecule has 0 aliphatic heterocycles. The van der Waals surface area contributed by atoms with Crippen LogP contribution in [-0.2, 0) is 11.4 Å². The highest BCUT2D eigenvalue weighted by molar-refractivity contribution is 5.80. The van der Waals surface area contributed by atoms with E-state index in [-0.39, 0.29) is 18.3 Å². The zero-order valence-electron chi connectivity index (χ0n) is 9.16. The topological polar surface area (TPSA) is 58.6 Å². The minimum atomic E-state index is -0.710. The molecule has 16 heavy (non-hydrogen) atoms. The Morgan fingerprint density at radius 3 is 2.81 bits per heavy atom. The second kappa shape index (κ2) is 5.46. The Bertz CT molecular complexity index is 381. The molecule has 1 aromatic rings. The van der Waals surface area contributed by atoms with E-state index in [0.717, 1.165) is 0 Å². The fraction of sp³-hybridized carbons (Fsp3) is 0.364. The molecule has 1 rings (SSSR count). The van der Waals surface area contributed by atoms with E-state index in [0.29, 0.717) is 5.56 Å². The number of hydrogen-bond donors (Lipinski definition) is 2. The summed E-state index contributed by atoms with van der Waals surface area (Å²) in [5.41, 5.74) is 0.402. The SMILES string of the molecule is CNC(=O)C(C)Oc1cc(F)cc(CO)c1. The number of ether oxygens (including phenoxy) is 1. The molecule has 0 fully saturated rings. The van der Waals surface area contributed by atoms with Gasteiger partial charge in [-0.25, -0.2) is 4.39 Å². The number of carbonyl (C=O) groups is 1. The first kappa shape index (κ1) is 12.4. The first-order valence-corrected chi connectivity index (χ1v) is 4.85. The van der Waals surface area contributed by atoms with Crippen LogP contribution < -0.4 is 10.1 Å². The van der Waals surface area contributed by atoms with E-state index in [1.165, 1.54) is 25.2 Å². The molecular weight excluding hydrogens is 213 g/mol. The third-order valence-corrected chi connectivity index (χ3v) is 2.04. The highest BCUT2D eigenvalue weighted by atomic mass is 19.1. The number of hydrogen-bond acceptors (Lipinski definition) is 3. The Labute approximate surface area is 93.0 Å². The van der Waals surface area contributed by atoms with Crippen molar-refractivity contribution >= 4 is 5.91 Å².